The van der Waals surface area contributed by atoms with Crippen molar-refractivity contribution in [2.24, 2.45) is 5.92 Å². The second-order valence-electron chi connectivity index (χ2n) is 8.45. The van der Waals surface area contributed by atoms with E-state index >= 15 is 0 Å². The number of aryl methyl sites for hydroxylation is 2. The molecule has 0 saturated heterocycles. The van der Waals surface area contributed by atoms with Crippen molar-refractivity contribution in [1.29, 1.82) is 0 Å². The zero-order chi connectivity index (χ0) is 23.3. The molecule has 3 aromatic rings. The number of Topliss-reactive ketones (excluding diaryl/α,β-unsaturated/α-hetero) is 1. The Hall–Kier alpha value is -3.47. The number of esters is 1. The first-order valence-corrected chi connectivity index (χ1v) is 10.8. The van der Waals surface area contributed by atoms with Crippen LogP contribution in [0, 0.1) is 19.8 Å². The summed E-state index contributed by atoms with van der Waals surface area (Å²) in [6.07, 6.45) is 0.152. The van der Waals surface area contributed by atoms with Crippen LogP contribution >= 0.6 is 0 Å². The summed E-state index contributed by atoms with van der Waals surface area (Å²) in [5.74, 6) is -1.32. The molecule has 1 amide bonds. The molecule has 0 unspecified atom stereocenters. The van der Waals surface area contributed by atoms with E-state index in [1.165, 1.54) is 0 Å². The highest BCUT2D eigenvalue weighted by Gasteiger charge is 2.27. The molecule has 166 valence electrons. The van der Waals surface area contributed by atoms with E-state index in [9.17, 15) is 14.4 Å². The number of carbonyl (C=O) groups is 3. The molecule has 5 heteroatoms. The van der Waals surface area contributed by atoms with E-state index in [1.54, 1.807) is 6.07 Å². The van der Waals surface area contributed by atoms with Gasteiger partial charge < -0.3 is 10.1 Å². The Bertz CT molecular complexity index is 1140. The molecule has 0 aliphatic carbocycles. The van der Waals surface area contributed by atoms with E-state index in [-0.39, 0.29) is 30.6 Å². The molecule has 0 heterocycles. The van der Waals surface area contributed by atoms with E-state index in [0.29, 0.717) is 5.56 Å². The van der Waals surface area contributed by atoms with Gasteiger partial charge in [-0.25, -0.2) is 4.79 Å². The number of benzene rings is 3. The molecule has 0 radical (unpaired) electrons. The summed E-state index contributed by atoms with van der Waals surface area (Å²) in [5, 5.41) is 4.85. The summed E-state index contributed by atoms with van der Waals surface area (Å²) in [7, 11) is 0. The Morgan fingerprint density at radius 2 is 1.66 bits per heavy atom. The van der Waals surface area contributed by atoms with Gasteiger partial charge in [0.25, 0.3) is 0 Å². The highest BCUT2D eigenvalue weighted by atomic mass is 16.5. The molecular formula is C27H29NO4. The van der Waals surface area contributed by atoms with Crippen molar-refractivity contribution in [2.45, 2.75) is 40.2 Å². The van der Waals surface area contributed by atoms with Gasteiger partial charge in [0.05, 0.1) is 6.42 Å². The summed E-state index contributed by atoms with van der Waals surface area (Å²) < 4.78 is 5.29. The number of carbonyl (C=O) groups excluding carboxylic acids is 3. The van der Waals surface area contributed by atoms with E-state index in [2.05, 4.69) is 5.32 Å². The van der Waals surface area contributed by atoms with Gasteiger partial charge in [0, 0.05) is 5.56 Å². The first-order valence-electron chi connectivity index (χ1n) is 10.8. The third-order valence-corrected chi connectivity index (χ3v) is 5.51. The van der Waals surface area contributed by atoms with Crippen molar-refractivity contribution in [1.82, 2.24) is 5.32 Å². The minimum Gasteiger partial charge on any atom is -0.456 e. The lowest BCUT2D eigenvalue weighted by Crippen LogP contribution is -2.46. The molecule has 0 aliphatic heterocycles. The normalized spacial score (nSPS) is 11.9. The van der Waals surface area contributed by atoms with Gasteiger partial charge >= 0.3 is 5.97 Å². The number of nitrogens with one attached hydrogen (secondary N) is 1. The molecule has 32 heavy (non-hydrogen) atoms. The van der Waals surface area contributed by atoms with Gasteiger partial charge in [0.1, 0.15) is 6.04 Å². The molecule has 0 aromatic heterocycles. The van der Waals surface area contributed by atoms with Crippen LogP contribution in [0.3, 0.4) is 0 Å². The minimum absolute atomic E-state index is 0.152. The molecule has 1 atom stereocenters. The molecule has 5 nitrogen and oxygen atoms in total. The Balaban J connectivity index is 1.64. The SMILES string of the molecule is Cc1ccc(C)c(C(=O)COC(=O)[C@@H](NC(=O)Cc2cccc3ccccc23)C(C)C)c1. The van der Waals surface area contributed by atoms with Crippen LogP contribution in [-0.2, 0) is 20.7 Å². The average Bonchev–Trinajstić information content (AvgIpc) is 2.77. The van der Waals surface area contributed by atoms with E-state index in [4.69, 9.17) is 4.74 Å². The third-order valence-electron chi connectivity index (χ3n) is 5.51. The van der Waals surface area contributed by atoms with Crippen LogP contribution in [-0.4, -0.2) is 30.3 Å². The first-order chi connectivity index (χ1) is 15.3. The lowest BCUT2D eigenvalue weighted by Gasteiger charge is -2.21. The van der Waals surface area contributed by atoms with Crippen LogP contribution in [0.15, 0.2) is 60.7 Å². The fraction of sp³-hybridized carbons (Fsp3) is 0.296. The molecule has 0 fully saturated rings. The lowest BCUT2D eigenvalue weighted by atomic mass is 10.0. The molecular weight excluding hydrogens is 402 g/mol. The Morgan fingerprint density at radius 1 is 0.938 bits per heavy atom. The fourth-order valence-electron chi connectivity index (χ4n) is 3.68. The molecule has 3 rings (SSSR count). The molecule has 0 saturated carbocycles. The average molecular weight is 432 g/mol. The van der Waals surface area contributed by atoms with E-state index < -0.39 is 12.0 Å². The number of amides is 1. The van der Waals surface area contributed by atoms with Crippen molar-refractivity contribution in [2.75, 3.05) is 6.61 Å². The van der Waals surface area contributed by atoms with Crippen molar-refractivity contribution in [3.8, 4) is 0 Å². The van der Waals surface area contributed by atoms with Gasteiger partial charge in [-0.3, -0.25) is 9.59 Å². The summed E-state index contributed by atoms with van der Waals surface area (Å²) in [6.45, 7) is 7.06. The Labute approximate surface area is 188 Å². The van der Waals surface area contributed by atoms with Gasteiger partial charge in [-0.05, 0) is 47.7 Å². The lowest BCUT2D eigenvalue weighted by molar-refractivity contribution is -0.148. The zero-order valence-corrected chi connectivity index (χ0v) is 19.0. The van der Waals surface area contributed by atoms with Crippen LogP contribution in [0.1, 0.15) is 40.9 Å². The maximum Gasteiger partial charge on any atom is 0.329 e. The monoisotopic (exact) mass is 431 g/mol. The van der Waals surface area contributed by atoms with Gasteiger partial charge in [-0.2, -0.15) is 0 Å². The summed E-state index contributed by atoms with van der Waals surface area (Å²) in [6, 6.07) is 18.4. The zero-order valence-electron chi connectivity index (χ0n) is 19.0. The van der Waals surface area contributed by atoms with Gasteiger partial charge in [-0.15, -0.1) is 0 Å². The number of hydrogen-bond donors (Lipinski definition) is 1. The van der Waals surface area contributed by atoms with Gasteiger partial charge in [-0.1, -0.05) is 74.0 Å². The second kappa shape index (κ2) is 10.2. The number of rotatable bonds is 8. The van der Waals surface area contributed by atoms with Gasteiger partial charge in [0.15, 0.2) is 6.61 Å². The third kappa shape index (κ3) is 5.61. The summed E-state index contributed by atoms with van der Waals surface area (Å²) in [5.41, 5.74) is 3.23. The van der Waals surface area contributed by atoms with Gasteiger partial charge in [0.2, 0.25) is 11.7 Å². The quantitative estimate of drug-likeness (QED) is 0.419. The summed E-state index contributed by atoms with van der Waals surface area (Å²) in [4.78, 5) is 38.0. The van der Waals surface area contributed by atoms with E-state index in [0.717, 1.165) is 27.5 Å². The van der Waals surface area contributed by atoms with Crippen molar-refractivity contribution in [3.63, 3.8) is 0 Å². The summed E-state index contributed by atoms with van der Waals surface area (Å²) >= 11 is 0. The molecule has 0 bridgehead atoms. The molecule has 0 aliphatic rings. The fourth-order valence-corrected chi connectivity index (χ4v) is 3.68. The number of fused-ring (bicyclic) bond motifs is 1. The predicted molar refractivity (Wildman–Crippen MR) is 126 cm³/mol. The molecule has 0 spiro atoms. The number of hydrogen-bond acceptors (Lipinski definition) is 4. The number of ether oxygens (including phenoxy) is 1. The van der Waals surface area contributed by atoms with Crippen LogP contribution < -0.4 is 5.32 Å². The van der Waals surface area contributed by atoms with Crippen LogP contribution in [0.5, 0.6) is 0 Å². The molecule has 1 N–H and O–H groups in total. The predicted octanol–water partition coefficient (Wildman–Crippen LogP) is 4.57. The smallest absolute Gasteiger partial charge is 0.329 e. The maximum absolute atomic E-state index is 12.7. The maximum atomic E-state index is 12.7. The Kier molecular flexibility index (Phi) is 7.41. The first kappa shape index (κ1) is 23.2. The topological polar surface area (TPSA) is 72.5 Å². The van der Waals surface area contributed by atoms with Crippen LogP contribution in [0.4, 0.5) is 0 Å². The highest BCUT2D eigenvalue weighted by Crippen LogP contribution is 2.19. The van der Waals surface area contributed by atoms with Crippen molar-refractivity contribution >= 4 is 28.4 Å². The number of ketones is 1. The van der Waals surface area contributed by atoms with Crippen molar-refractivity contribution < 1.29 is 19.1 Å². The van der Waals surface area contributed by atoms with Crippen LogP contribution in [0.25, 0.3) is 10.8 Å². The Morgan fingerprint density at radius 3 is 2.41 bits per heavy atom. The second-order valence-corrected chi connectivity index (χ2v) is 8.45. The van der Waals surface area contributed by atoms with E-state index in [1.807, 2.05) is 82.3 Å². The highest BCUT2D eigenvalue weighted by molar-refractivity contribution is 5.99. The van der Waals surface area contributed by atoms with Crippen molar-refractivity contribution in [3.05, 3.63) is 82.9 Å². The largest absolute Gasteiger partial charge is 0.456 e. The standard InChI is InChI=1S/C27H29NO4/c1-17(2)26(27(31)32-16-24(29)23-14-18(3)12-13-19(23)4)28-25(30)15-21-10-7-9-20-8-5-6-11-22(20)21/h5-14,17,26H,15-16H2,1-4H3,(H,28,30)/t26-/m0/s1. The minimum atomic E-state index is -0.830. The molecule has 3 aromatic carbocycles. The van der Waals surface area contributed by atoms with Crippen LogP contribution in [0.2, 0.25) is 0 Å².